The van der Waals surface area contributed by atoms with Crippen LogP contribution >= 0.6 is 0 Å². The van der Waals surface area contributed by atoms with Gasteiger partial charge in [-0.2, -0.15) is 0 Å². The Balaban J connectivity index is 1.74. The Morgan fingerprint density at radius 2 is 2.12 bits per heavy atom. The number of aryl methyl sites for hydroxylation is 2. The third kappa shape index (κ3) is 4.14. The van der Waals surface area contributed by atoms with Crippen molar-refractivity contribution in [1.29, 1.82) is 0 Å². The average molecular weight is 233 g/mol. The van der Waals surface area contributed by atoms with Gasteiger partial charge in [0, 0.05) is 12.6 Å². The van der Waals surface area contributed by atoms with Crippen LogP contribution in [0.2, 0.25) is 0 Å². The number of aliphatic hydroxyl groups is 1. The Morgan fingerprint density at radius 1 is 1.29 bits per heavy atom. The summed E-state index contributed by atoms with van der Waals surface area (Å²) in [5.74, 6) is 0. The molecule has 0 unspecified atom stereocenters. The highest BCUT2D eigenvalue weighted by molar-refractivity contribution is 5.22. The van der Waals surface area contributed by atoms with E-state index in [4.69, 9.17) is 5.11 Å². The first-order valence-electron chi connectivity index (χ1n) is 6.70. The fourth-order valence-corrected chi connectivity index (χ4v) is 2.40. The summed E-state index contributed by atoms with van der Waals surface area (Å²) in [6.07, 6.45) is 4.99. The summed E-state index contributed by atoms with van der Waals surface area (Å²) in [5, 5.41) is 9.02. The Labute approximate surface area is 104 Å². The van der Waals surface area contributed by atoms with Crippen LogP contribution in [0.15, 0.2) is 24.3 Å². The topological polar surface area (TPSA) is 23.5 Å². The first-order valence-corrected chi connectivity index (χ1v) is 6.70. The predicted molar refractivity (Wildman–Crippen MR) is 71.2 cm³/mol. The van der Waals surface area contributed by atoms with Crippen molar-refractivity contribution in [2.24, 2.45) is 0 Å². The largest absolute Gasteiger partial charge is 0.395 e. The molecule has 1 aliphatic carbocycles. The van der Waals surface area contributed by atoms with Crippen molar-refractivity contribution in [2.75, 3.05) is 19.7 Å². The van der Waals surface area contributed by atoms with Crippen LogP contribution in [0, 0.1) is 6.92 Å². The number of hydrogen-bond donors (Lipinski definition) is 1. The maximum absolute atomic E-state index is 9.02. The van der Waals surface area contributed by atoms with Gasteiger partial charge in [0.2, 0.25) is 0 Å². The van der Waals surface area contributed by atoms with Crippen molar-refractivity contribution >= 4 is 0 Å². The summed E-state index contributed by atoms with van der Waals surface area (Å²) in [5.41, 5.74) is 2.78. The molecule has 0 aliphatic heterocycles. The van der Waals surface area contributed by atoms with Gasteiger partial charge >= 0.3 is 0 Å². The molecular formula is C15H23NO. The lowest BCUT2D eigenvalue weighted by Gasteiger charge is -2.20. The van der Waals surface area contributed by atoms with Crippen LogP contribution in [0.4, 0.5) is 0 Å². The first-order chi connectivity index (χ1) is 8.29. The number of nitrogens with zero attached hydrogens (tertiary/aromatic N) is 1. The average Bonchev–Trinajstić information content (AvgIpc) is 3.12. The molecule has 1 fully saturated rings. The summed E-state index contributed by atoms with van der Waals surface area (Å²) >= 11 is 0. The lowest BCUT2D eigenvalue weighted by Crippen LogP contribution is -2.30. The molecule has 2 rings (SSSR count). The summed E-state index contributed by atoms with van der Waals surface area (Å²) in [6, 6.07) is 9.52. The Hall–Kier alpha value is -0.860. The molecular weight excluding hydrogens is 210 g/mol. The Kier molecular flexibility index (Phi) is 4.57. The van der Waals surface area contributed by atoms with Crippen LogP contribution in [0.25, 0.3) is 0 Å². The van der Waals surface area contributed by atoms with Gasteiger partial charge in [0.1, 0.15) is 0 Å². The number of hydrogen-bond acceptors (Lipinski definition) is 2. The van der Waals surface area contributed by atoms with Gasteiger partial charge in [0.25, 0.3) is 0 Å². The summed E-state index contributed by atoms with van der Waals surface area (Å²) in [6.45, 7) is 4.41. The second-order valence-corrected chi connectivity index (χ2v) is 5.08. The van der Waals surface area contributed by atoms with E-state index in [0.717, 1.165) is 25.6 Å². The fourth-order valence-electron chi connectivity index (χ4n) is 2.40. The van der Waals surface area contributed by atoms with E-state index in [-0.39, 0.29) is 0 Å². The van der Waals surface area contributed by atoms with E-state index < -0.39 is 0 Å². The van der Waals surface area contributed by atoms with Gasteiger partial charge in [0.05, 0.1) is 6.61 Å². The molecule has 0 spiro atoms. The zero-order valence-corrected chi connectivity index (χ0v) is 10.7. The van der Waals surface area contributed by atoms with Crippen molar-refractivity contribution in [3.8, 4) is 0 Å². The van der Waals surface area contributed by atoms with E-state index >= 15 is 0 Å². The molecule has 1 aromatic carbocycles. The van der Waals surface area contributed by atoms with Gasteiger partial charge in [-0.15, -0.1) is 0 Å². The number of aliphatic hydroxyl groups excluding tert-OH is 1. The number of rotatable bonds is 7. The maximum atomic E-state index is 9.02. The minimum absolute atomic E-state index is 0.293. The molecule has 0 heterocycles. The standard InChI is InChI=1S/C15H23NO/c1-13-4-2-5-14(12-13)6-3-9-16(10-11-17)15-7-8-15/h2,4-5,12,15,17H,3,6-11H2,1H3. The monoisotopic (exact) mass is 233 g/mol. The normalized spacial score (nSPS) is 15.5. The van der Waals surface area contributed by atoms with Crippen LogP contribution < -0.4 is 0 Å². The molecule has 0 saturated heterocycles. The van der Waals surface area contributed by atoms with Crippen LogP contribution in [-0.2, 0) is 6.42 Å². The summed E-state index contributed by atoms with van der Waals surface area (Å²) in [4.78, 5) is 2.44. The van der Waals surface area contributed by atoms with Crippen LogP contribution in [0.1, 0.15) is 30.4 Å². The van der Waals surface area contributed by atoms with E-state index in [1.807, 2.05) is 0 Å². The van der Waals surface area contributed by atoms with Crippen molar-refractivity contribution in [1.82, 2.24) is 4.90 Å². The van der Waals surface area contributed by atoms with E-state index in [1.165, 1.54) is 30.4 Å². The van der Waals surface area contributed by atoms with E-state index in [1.54, 1.807) is 0 Å². The molecule has 0 amide bonds. The molecule has 94 valence electrons. The van der Waals surface area contributed by atoms with Crippen molar-refractivity contribution in [3.63, 3.8) is 0 Å². The molecule has 1 N–H and O–H groups in total. The smallest absolute Gasteiger partial charge is 0.0558 e. The van der Waals surface area contributed by atoms with Gasteiger partial charge in [-0.25, -0.2) is 0 Å². The lowest BCUT2D eigenvalue weighted by molar-refractivity contribution is 0.188. The number of benzene rings is 1. The zero-order valence-electron chi connectivity index (χ0n) is 10.7. The molecule has 0 radical (unpaired) electrons. The highest BCUT2D eigenvalue weighted by atomic mass is 16.3. The van der Waals surface area contributed by atoms with Gasteiger partial charge in [-0.3, -0.25) is 4.90 Å². The molecule has 2 heteroatoms. The van der Waals surface area contributed by atoms with Crippen LogP contribution in [0.3, 0.4) is 0 Å². The molecule has 17 heavy (non-hydrogen) atoms. The summed E-state index contributed by atoms with van der Waals surface area (Å²) in [7, 11) is 0. The van der Waals surface area contributed by atoms with Crippen LogP contribution in [0.5, 0.6) is 0 Å². The Bertz CT molecular complexity index is 347. The molecule has 1 saturated carbocycles. The minimum atomic E-state index is 0.293. The van der Waals surface area contributed by atoms with Gasteiger partial charge in [-0.05, 0) is 44.7 Å². The molecule has 0 atom stereocenters. The molecule has 0 aromatic heterocycles. The van der Waals surface area contributed by atoms with Crippen molar-refractivity contribution in [3.05, 3.63) is 35.4 Å². The van der Waals surface area contributed by atoms with E-state index in [0.29, 0.717) is 6.61 Å². The SMILES string of the molecule is Cc1cccc(CCCN(CCO)C2CC2)c1. The van der Waals surface area contributed by atoms with Crippen molar-refractivity contribution in [2.45, 2.75) is 38.6 Å². The maximum Gasteiger partial charge on any atom is 0.0558 e. The van der Waals surface area contributed by atoms with E-state index in [2.05, 4.69) is 36.1 Å². The highest BCUT2D eigenvalue weighted by Gasteiger charge is 2.27. The van der Waals surface area contributed by atoms with E-state index in [9.17, 15) is 0 Å². The van der Waals surface area contributed by atoms with Crippen LogP contribution in [-0.4, -0.2) is 35.7 Å². The molecule has 0 bridgehead atoms. The van der Waals surface area contributed by atoms with Crippen molar-refractivity contribution < 1.29 is 5.11 Å². The zero-order chi connectivity index (χ0) is 12.1. The molecule has 1 aliphatic rings. The van der Waals surface area contributed by atoms with Gasteiger partial charge < -0.3 is 5.11 Å². The highest BCUT2D eigenvalue weighted by Crippen LogP contribution is 2.26. The summed E-state index contributed by atoms with van der Waals surface area (Å²) < 4.78 is 0. The third-order valence-electron chi connectivity index (χ3n) is 3.44. The second-order valence-electron chi connectivity index (χ2n) is 5.08. The van der Waals surface area contributed by atoms with Gasteiger partial charge in [0.15, 0.2) is 0 Å². The quantitative estimate of drug-likeness (QED) is 0.781. The fraction of sp³-hybridized carbons (Fsp3) is 0.600. The third-order valence-corrected chi connectivity index (χ3v) is 3.44. The minimum Gasteiger partial charge on any atom is -0.395 e. The molecule has 2 nitrogen and oxygen atoms in total. The van der Waals surface area contributed by atoms with Gasteiger partial charge in [-0.1, -0.05) is 29.8 Å². The predicted octanol–water partition coefficient (Wildman–Crippen LogP) is 2.38. The first kappa shape index (κ1) is 12.6. The molecule has 1 aromatic rings. The Morgan fingerprint density at radius 3 is 2.76 bits per heavy atom. The second kappa shape index (κ2) is 6.18. The lowest BCUT2D eigenvalue weighted by atomic mass is 10.1.